The summed E-state index contributed by atoms with van der Waals surface area (Å²) in [6, 6.07) is 13.1. The molecule has 0 aliphatic rings. The van der Waals surface area contributed by atoms with Gasteiger partial charge in [-0.05, 0) is 49.4 Å². The summed E-state index contributed by atoms with van der Waals surface area (Å²) in [4.78, 5) is 14.2. The standard InChI is InChI=1S/C20H21ClN2O3/c1-5-25-20(24)17-12-15-16(21)10-11-18(19(15)23(17)4)26-14-8-6-13(7-9-14)22(2)3/h6-12H,5H2,1-4H3. The van der Waals surface area contributed by atoms with Crippen molar-refractivity contribution in [3.63, 3.8) is 0 Å². The lowest BCUT2D eigenvalue weighted by molar-refractivity contribution is 0.0516. The number of anilines is 1. The molecule has 1 heterocycles. The molecule has 0 fully saturated rings. The van der Waals surface area contributed by atoms with E-state index < -0.39 is 0 Å². The van der Waals surface area contributed by atoms with E-state index in [4.69, 9.17) is 21.1 Å². The molecule has 0 saturated carbocycles. The molecule has 0 bridgehead atoms. The molecule has 6 heteroatoms. The largest absolute Gasteiger partial charge is 0.461 e. The summed E-state index contributed by atoms with van der Waals surface area (Å²) in [6.45, 7) is 2.09. The second-order valence-corrected chi connectivity index (χ2v) is 6.51. The van der Waals surface area contributed by atoms with E-state index in [2.05, 4.69) is 0 Å². The van der Waals surface area contributed by atoms with E-state index in [0.29, 0.717) is 28.8 Å². The Balaban J connectivity index is 2.03. The van der Waals surface area contributed by atoms with Crippen LogP contribution in [0.5, 0.6) is 11.5 Å². The zero-order valence-corrected chi connectivity index (χ0v) is 16.0. The number of fused-ring (bicyclic) bond motifs is 1. The Morgan fingerprint density at radius 1 is 1.15 bits per heavy atom. The number of nitrogens with zero attached hydrogens (tertiary/aromatic N) is 2. The number of rotatable bonds is 5. The number of halogens is 1. The van der Waals surface area contributed by atoms with E-state index >= 15 is 0 Å². The van der Waals surface area contributed by atoms with E-state index in [1.807, 2.05) is 43.3 Å². The molecule has 2 aromatic carbocycles. The molecule has 3 aromatic rings. The first-order valence-corrected chi connectivity index (χ1v) is 8.70. The summed E-state index contributed by atoms with van der Waals surface area (Å²) in [5, 5.41) is 1.31. The highest BCUT2D eigenvalue weighted by molar-refractivity contribution is 6.35. The van der Waals surface area contributed by atoms with Crippen LogP contribution in [0.3, 0.4) is 0 Å². The molecule has 0 spiro atoms. The van der Waals surface area contributed by atoms with Gasteiger partial charge in [0.15, 0.2) is 5.75 Å². The normalized spacial score (nSPS) is 10.8. The summed E-state index contributed by atoms with van der Waals surface area (Å²) < 4.78 is 12.9. The minimum Gasteiger partial charge on any atom is -0.461 e. The lowest BCUT2D eigenvalue weighted by Crippen LogP contribution is -2.09. The third-order valence-corrected chi connectivity index (χ3v) is 4.50. The van der Waals surface area contributed by atoms with Crippen molar-refractivity contribution in [3.8, 4) is 11.5 Å². The summed E-state index contributed by atoms with van der Waals surface area (Å²) in [7, 11) is 5.77. The van der Waals surface area contributed by atoms with Crippen LogP contribution in [0, 0.1) is 0 Å². The van der Waals surface area contributed by atoms with Gasteiger partial charge in [-0.25, -0.2) is 4.79 Å². The summed E-state index contributed by atoms with van der Waals surface area (Å²) in [6.07, 6.45) is 0. The zero-order valence-electron chi connectivity index (χ0n) is 15.2. The third-order valence-electron chi connectivity index (χ3n) is 4.17. The Labute approximate surface area is 157 Å². The molecular weight excluding hydrogens is 352 g/mol. The number of aryl methyl sites for hydroxylation is 1. The van der Waals surface area contributed by atoms with Gasteiger partial charge in [-0.1, -0.05) is 11.6 Å². The van der Waals surface area contributed by atoms with Gasteiger partial charge in [0.2, 0.25) is 0 Å². The Morgan fingerprint density at radius 2 is 1.85 bits per heavy atom. The maximum absolute atomic E-state index is 12.2. The predicted octanol–water partition coefficient (Wildman–Crippen LogP) is 4.87. The van der Waals surface area contributed by atoms with Crippen LogP contribution in [0.4, 0.5) is 5.69 Å². The Kier molecular flexibility index (Phi) is 5.09. The Morgan fingerprint density at radius 3 is 2.46 bits per heavy atom. The highest BCUT2D eigenvalue weighted by Gasteiger charge is 2.19. The van der Waals surface area contributed by atoms with Crippen LogP contribution < -0.4 is 9.64 Å². The molecule has 0 aliphatic carbocycles. The number of carbonyl (C=O) groups excluding carboxylic acids is 1. The smallest absolute Gasteiger partial charge is 0.354 e. The molecule has 0 unspecified atom stereocenters. The van der Waals surface area contributed by atoms with Crippen LogP contribution in [0.1, 0.15) is 17.4 Å². The number of ether oxygens (including phenoxy) is 2. The third kappa shape index (κ3) is 3.35. The molecule has 26 heavy (non-hydrogen) atoms. The van der Waals surface area contributed by atoms with Crippen LogP contribution >= 0.6 is 11.6 Å². The van der Waals surface area contributed by atoms with E-state index in [1.54, 1.807) is 36.7 Å². The average Bonchev–Trinajstić information content (AvgIpc) is 2.97. The van der Waals surface area contributed by atoms with Gasteiger partial charge in [0, 0.05) is 32.2 Å². The van der Waals surface area contributed by atoms with Crippen molar-refractivity contribution in [1.82, 2.24) is 4.57 Å². The van der Waals surface area contributed by atoms with Gasteiger partial charge in [0.25, 0.3) is 0 Å². The van der Waals surface area contributed by atoms with Crippen molar-refractivity contribution < 1.29 is 14.3 Å². The molecule has 0 radical (unpaired) electrons. The molecular formula is C20H21ClN2O3. The van der Waals surface area contributed by atoms with Gasteiger partial charge in [-0.2, -0.15) is 0 Å². The first kappa shape index (κ1) is 18.1. The van der Waals surface area contributed by atoms with Crippen LogP contribution in [-0.2, 0) is 11.8 Å². The summed E-state index contributed by atoms with van der Waals surface area (Å²) in [5.41, 5.74) is 2.27. The zero-order chi connectivity index (χ0) is 18.8. The van der Waals surface area contributed by atoms with E-state index in [9.17, 15) is 4.79 Å². The predicted molar refractivity (Wildman–Crippen MR) is 105 cm³/mol. The number of aromatic nitrogens is 1. The Bertz CT molecular complexity index is 946. The maximum Gasteiger partial charge on any atom is 0.354 e. The quantitative estimate of drug-likeness (QED) is 0.599. The maximum atomic E-state index is 12.2. The van der Waals surface area contributed by atoms with Crippen molar-refractivity contribution >= 4 is 34.2 Å². The average molecular weight is 373 g/mol. The van der Waals surface area contributed by atoms with Gasteiger partial charge >= 0.3 is 5.97 Å². The highest BCUT2D eigenvalue weighted by Crippen LogP contribution is 2.36. The molecule has 1 aromatic heterocycles. The lowest BCUT2D eigenvalue weighted by Gasteiger charge is -2.14. The topological polar surface area (TPSA) is 43.7 Å². The van der Waals surface area contributed by atoms with Crippen LogP contribution in [0.25, 0.3) is 10.9 Å². The van der Waals surface area contributed by atoms with Gasteiger partial charge in [-0.3, -0.25) is 0 Å². The molecule has 0 atom stereocenters. The summed E-state index contributed by atoms with van der Waals surface area (Å²) >= 11 is 6.33. The molecule has 0 aliphatic heterocycles. The van der Waals surface area contributed by atoms with Crippen molar-refractivity contribution in [2.24, 2.45) is 7.05 Å². The van der Waals surface area contributed by atoms with E-state index in [0.717, 1.165) is 16.6 Å². The monoisotopic (exact) mass is 372 g/mol. The fourth-order valence-corrected chi connectivity index (χ4v) is 3.03. The second-order valence-electron chi connectivity index (χ2n) is 6.11. The van der Waals surface area contributed by atoms with Crippen molar-refractivity contribution in [2.75, 3.05) is 25.6 Å². The number of esters is 1. The molecule has 5 nitrogen and oxygen atoms in total. The van der Waals surface area contributed by atoms with Crippen LogP contribution in [0.15, 0.2) is 42.5 Å². The van der Waals surface area contributed by atoms with Crippen molar-refractivity contribution in [1.29, 1.82) is 0 Å². The second kappa shape index (κ2) is 7.30. The van der Waals surface area contributed by atoms with Crippen LogP contribution in [0.2, 0.25) is 5.02 Å². The fraction of sp³-hybridized carbons (Fsp3) is 0.250. The highest BCUT2D eigenvalue weighted by atomic mass is 35.5. The Hall–Kier alpha value is -2.66. The number of carbonyl (C=O) groups is 1. The minimum absolute atomic E-state index is 0.315. The SMILES string of the molecule is CCOC(=O)c1cc2c(Cl)ccc(Oc3ccc(N(C)C)cc3)c2n1C. The van der Waals surface area contributed by atoms with Gasteiger partial charge < -0.3 is 18.9 Å². The first-order valence-electron chi connectivity index (χ1n) is 8.32. The van der Waals surface area contributed by atoms with Crippen molar-refractivity contribution in [3.05, 3.63) is 53.2 Å². The van der Waals surface area contributed by atoms with Gasteiger partial charge in [0.1, 0.15) is 11.4 Å². The molecule has 3 rings (SSSR count). The fourth-order valence-electron chi connectivity index (χ4n) is 2.82. The minimum atomic E-state index is -0.386. The first-order chi connectivity index (χ1) is 12.4. The van der Waals surface area contributed by atoms with E-state index in [-0.39, 0.29) is 5.97 Å². The molecule has 0 saturated heterocycles. The number of hydrogen-bond acceptors (Lipinski definition) is 4. The molecule has 0 amide bonds. The van der Waals surface area contributed by atoms with Gasteiger partial charge in [0.05, 0.1) is 17.1 Å². The summed E-state index contributed by atoms with van der Waals surface area (Å²) in [5.74, 6) is 0.946. The molecule has 0 N–H and O–H groups in total. The van der Waals surface area contributed by atoms with Crippen LogP contribution in [-0.4, -0.2) is 31.2 Å². The lowest BCUT2D eigenvalue weighted by atomic mass is 10.2. The van der Waals surface area contributed by atoms with E-state index in [1.165, 1.54) is 0 Å². The number of benzene rings is 2. The number of hydrogen-bond donors (Lipinski definition) is 0. The van der Waals surface area contributed by atoms with Crippen molar-refractivity contribution in [2.45, 2.75) is 6.92 Å². The molecule has 136 valence electrons. The van der Waals surface area contributed by atoms with Gasteiger partial charge in [-0.15, -0.1) is 0 Å².